The fraction of sp³-hybridized carbons (Fsp3) is 0.308. The van der Waals surface area contributed by atoms with Crippen molar-refractivity contribution in [2.45, 2.75) is 38.4 Å². The summed E-state index contributed by atoms with van der Waals surface area (Å²) in [6.45, 7) is 2.11. The Bertz CT molecular complexity index is 1200. The van der Waals surface area contributed by atoms with E-state index in [0.717, 1.165) is 37.8 Å². The molecule has 4 rings (SSSR count). The van der Waals surface area contributed by atoms with E-state index in [4.69, 9.17) is 4.74 Å². The molecule has 1 aliphatic heterocycles. The minimum absolute atomic E-state index is 0. The Balaban J connectivity index is 0.00000324. The zero-order valence-corrected chi connectivity index (χ0v) is 21.8. The first-order valence-electron chi connectivity index (χ1n) is 11.1. The largest absolute Gasteiger partial charge is 0.496 e. The summed E-state index contributed by atoms with van der Waals surface area (Å²) in [5.41, 5.74) is 2.88. The third-order valence-electron chi connectivity index (χ3n) is 6.30. The minimum Gasteiger partial charge on any atom is -0.496 e. The van der Waals surface area contributed by atoms with E-state index in [2.05, 4.69) is 26.6 Å². The van der Waals surface area contributed by atoms with Gasteiger partial charge in [0, 0.05) is 15.7 Å². The Morgan fingerprint density at radius 1 is 1.15 bits per heavy atom. The molecular formula is C26H29BrClN3O3. The highest BCUT2D eigenvalue weighted by molar-refractivity contribution is 9.10. The van der Waals surface area contributed by atoms with Gasteiger partial charge in [-0.3, -0.25) is 9.59 Å². The zero-order valence-electron chi connectivity index (χ0n) is 19.4. The zero-order chi connectivity index (χ0) is 23.5. The highest BCUT2D eigenvalue weighted by Crippen LogP contribution is 2.36. The molecule has 1 aliphatic rings. The van der Waals surface area contributed by atoms with Crippen LogP contribution in [0.1, 0.15) is 24.5 Å². The van der Waals surface area contributed by atoms with Gasteiger partial charge in [0.2, 0.25) is 11.8 Å². The van der Waals surface area contributed by atoms with Crippen LogP contribution in [0.15, 0.2) is 59.1 Å². The van der Waals surface area contributed by atoms with E-state index in [-0.39, 0.29) is 30.3 Å². The number of carbonyl (C=O) groups excluding carboxylic acids is 2. The van der Waals surface area contributed by atoms with Crippen LogP contribution in [0, 0.1) is 0 Å². The van der Waals surface area contributed by atoms with E-state index in [0.29, 0.717) is 19.4 Å². The maximum Gasteiger partial charge on any atom is 0.249 e. The van der Waals surface area contributed by atoms with Crippen molar-refractivity contribution in [3.8, 4) is 5.75 Å². The molecule has 3 aromatic rings. The van der Waals surface area contributed by atoms with E-state index >= 15 is 0 Å². The van der Waals surface area contributed by atoms with Crippen molar-refractivity contribution in [1.82, 2.24) is 10.6 Å². The molecule has 0 aromatic heterocycles. The second kappa shape index (κ2) is 11.2. The Morgan fingerprint density at radius 3 is 2.65 bits per heavy atom. The van der Waals surface area contributed by atoms with E-state index < -0.39 is 6.04 Å². The SMILES string of the molecule is CNC(C)C(=O)NC1CCc2ccccc2N(Cc2c(OC)ccc3c(Br)cccc23)C1=O.Cl. The molecule has 8 heteroatoms. The van der Waals surface area contributed by atoms with Gasteiger partial charge < -0.3 is 20.3 Å². The molecule has 0 spiro atoms. The number of benzene rings is 3. The van der Waals surface area contributed by atoms with E-state index in [1.807, 2.05) is 54.6 Å². The van der Waals surface area contributed by atoms with Gasteiger partial charge in [-0.05, 0) is 67.4 Å². The summed E-state index contributed by atoms with van der Waals surface area (Å²) in [5, 5.41) is 7.96. The Kier molecular flexibility index (Phi) is 8.57. The number of hydrogen-bond donors (Lipinski definition) is 2. The van der Waals surface area contributed by atoms with Crippen molar-refractivity contribution < 1.29 is 14.3 Å². The number of likely N-dealkylation sites (N-methyl/N-ethyl adjacent to an activating group) is 1. The molecule has 6 nitrogen and oxygen atoms in total. The molecule has 2 unspecified atom stereocenters. The van der Waals surface area contributed by atoms with Gasteiger partial charge in [-0.25, -0.2) is 0 Å². The first kappa shape index (κ1) is 26.0. The van der Waals surface area contributed by atoms with Crippen LogP contribution in [0.25, 0.3) is 10.8 Å². The summed E-state index contributed by atoms with van der Waals surface area (Å²) >= 11 is 3.64. The number of amides is 2. The lowest BCUT2D eigenvalue weighted by molar-refractivity contribution is -0.128. The first-order chi connectivity index (χ1) is 15.9. The molecule has 1 heterocycles. The number of halogens is 2. The number of nitrogens with zero attached hydrogens (tertiary/aromatic N) is 1. The number of nitrogens with one attached hydrogen (secondary N) is 2. The van der Waals surface area contributed by atoms with E-state index in [9.17, 15) is 9.59 Å². The second-order valence-electron chi connectivity index (χ2n) is 8.24. The van der Waals surface area contributed by atoms with Crippen LogP contribution >= 0.6 is 28.3 Å². The second-order valence-corrected chi connectivity index (χ2v) is 9.10. The number of ether oxygens (including phenoxy) is 1. The van der Waals surface area contributed by atoms with Crippen LogP contribution in [0.3, 0.4) is 0 Å². The van der Waals surface area contributed by atoms with Crippen LogP contribution in [0.5, 0.6) is 5.75 Å². The average Bonchev–Trinajstić information content (AvgIpc) is 2.96. The summed E-state index contributed by atoms with van der Waals surface area (Å²) in [5.74, 6) is 0.415. The van der Waals surface area contributed by atoms with E-state index in [1.54, 1.807) is 26.0 Å². The number of fused-ring (bicyclic) bond motifs is 2. The topological polar surface area (TPSA) is 70.7 Å². The van der Waals surface area contributed by atoms with Crippen LogP contribution in [-0.2, 0) is 22.6 Å². The fourth-order valence-corrected chi connectivity index (χ4v) is 4.81. The van der Waals surface area contributed by atoms with Gasteiger partial charge in [-0.2, -0.15) is 0 Å². The number of rotatable bonds is 6. The monoisotopic (exact) mass is 545 g/mol. The predicted molar refractivity (Wildman–Crippen MR) is 142 cm³/mol. The number of methoxy groups -OCH3 is 1. The van der Waals surface area contributed by atoms with Crippen molar-refractivity contribution >= 4 is 56.6 Å². The fourth-order valence-electron chi connectivity index (χ4n) is 4.31. The van der Waals surface area contributed by atoms with Crippen LogP contribution < -0.4 is 20.3 Å². The molecule has 0 radical (unpaired) electrons. The number of hydrogen-bond acceptors (Lipinski definition) is 4. The van der Waals surface area contributed by atoms with Crippen molar-refractivity contribution in [2.75, 3.05) is 19.1 Å². The summed E-state index contributed by atoms with van der Waals surface area (Å²) in [7, 11) is 3.37. The van der Waals surface area contributed by atoms with Gasteiger partial charge in [0.1, 0.15) is 11.8 Å². The molecule has 0 bridgehead atoms. The van der Waals surface area contributed by atoms with Gasteiger partial charge in [0.15, 0.2) is 0 Å². The molecule has 2 N–H and O–H groups in total. The third-order valence-corrected chi connectivity index (χ3v) is 7.00. The molecule has 2 amide bonds. The van der Waals surface area contributed by atoms with Crippen LogP contribution in [0.4, 0.5) is 5.69 Å². The molecule has 180 valence electrons. The van der Waals surface area contributed by atoms with Gasteiger partial charge >= 0.3 is 0 Å². The van der Waals surface area contributed by atoms with Crippen LogP contribution in [-0.4, -0.2) is 38.1 Å². The Labute approximate surface area is 214 Å². The van der Waals surface area contributed by atoms with Gasteiger partial charge in [-0.15, -0.1) is 12.4 Å². The number of aryl methyl sites for hydroxylation is 1. The summed E-state index contributed by atoms with van der Waals surface area (Å²) in [6.07, 6.45) is 1.25. The maximum absolute atomic E-state index is 13.8. The normalized spacial score (nSPS) is 16.3. The molecule has 0 saturated carbocycles. The number of para-hydroxylation sites is 1. The molecule has 0 fully saturated rings. The van der Waals surface area contributed by atoms with Crippen molar-refractivity contribution in [3.63, 3.8) is 0 Å². The Morgan fingerprint density at radius 2 is 1.91 bits per heavy atom. The lowest BCUT2D eigenvalue weighted by Gasteiger charge is -2.28. The molecule has 34 heavy (non-hydrogen) atoms. The van der Waals surface area contributed by atoms with Crippen molar-refractivity contribution in [2.24, 2.45) is 0 Å². The first-order valence-corrected chi connectivity index (χ1v) is 11.8. The summed E-state index contributed by atoms with van der Waals surface area (Å²) in [4.78, 5) is 28.2. The quantitative estimate of drug-likeness (QED) is 0.474. The summed E-state index contributed by atoms with van der Waals surface area (Å²) in [6, 6.07) is 16.9. The molecule has 2 atom stereocenters. The van der Waals surface area contributed by atoms with Gasteiger partial charge in [0.25, 0.3) is 0 Å². The van der Waals surface area contributed by atoms with Crippen LogP contribution in [0.2, 0.25) is 0 Å². The molecule has 0 aliphatic carbocycles. The minimum atomic E-state index is -0.603. The number of anilines is 1. The lowest BCUT2D eigenvalue weighted by Crippen LogP contribution is -2.52. The van der Waals surface area contributed by atoms with E-state index in [1.165, 1.54) is 0 Å². The maximum atomic E-state index is 13.8. The smallest absolute Gasteiger partial charge is 0.249 e. The highest BCUT2D eigenvalue weighted by atomic mass is 79.9. The lowest BCUT2D eigenvalue weighted by atomic mass is 10.0. The van der Waals surface area contributed by atoms with Crippen molar-refractivity contribution in [3.05, 3.63) is 70.2 Å². The Hall–Kier alpha value is -2.61. The highest BCUT2D eigenvalue weighted by Gasteiger charge is 2.33. The van der Waals surface area contributed by atoms with Gasteiger partial charge in [0.05, 0.1) is 19.7 Å². The average molecular weight is 547 g/mol. The molecule has 3 aromatic carbocycles. The molecular weight excluding hydrogens is 518 g/mol. The van der Waals surface area contributed by atoms with Crippen molar-refractivity contribution in [1.29, 1.82) is 0 Å². The predicted octanol–water partition coefficient (Wildman–Crippen LogP) is 4.60. The van der Waals surface area contributed by atoms with Gasteiger partial charge in [-0.1, -0.05) is 46.3 Å². The standard InChI is InChI=1S/C26H28BrN3O3.ClH/c1-16(28-2)25(31)29-22-13-11-17-7-4-5-10-23(17)30(26(22)32)15-20-18-8-6-9-21(27)19(18)12-14-24(20)33-3;/h4-10,12,14,16,22,28H,11,13,15H2,1-3H3,(H,29,31);1H. The number of carbonyl (C=O) groups is 2. The third kappa shape index (κ3) is 5.06. The summed E-state index contributed by atoms with van der Waals surface area (Å²) < 4.78 is 6.68. The molecule has 0 saturated heterocycles.